The minimum absolute atomic E-state index is 0. The van der Waals surface area contributed by atoms with Crippen LogP contribution in [0.4, 0.5) is 19.2 Å². The number of aromatic nitrogens is 2. The quantitative estimate of drug-likeness (QED) is 0.0192. The number of carboxylic acids is 1. The van der Waals surface area contributed by atoms with E-state index in [1.165, 1.54) is 0 Å². The van der Waals surface area contributed by atoms with Crippen molar-refractivity contribution in [1.82, 2.24) is 29.6 Å². The van der Waals surface area contributed by atoms with E-state index in [0.29, 0.717) is 137 Å². The zero-order valence-corrected chi connectivity index (χ0v) is 95.0. The molecule has 8 saturated heterocycles. The summed E-state index contributed by atoms with van der Waals surface area (Å²) in [5.41, 5.74) is 8.42. The van der Waals surface area contributed by atoms with Gasteiger partial charge in [-0.05, 0) is 203 Å². The molecule has 10 heterocycles. The van der Waals surface area contributed by atoms with Crippen LogP contribution in [-0.2, 0) is 165 Å². The average Bonchev–Trinajstić information content (AvgIpc) is 1.51. The molecule has 0 unspecified atom stereocenters. The molecule has 11 fully saturated rings. The van der Waals surface area contributed by atoms with Crippen molar-refractivity contribution in [3.63, 3.8) is 0 Å². The molecule has 40 heteroatoms. The summed E-state index contributed by atoms with van der Waals surface area (Å²) in [4.78, 5) is 149. The standard InChI is InChI=1S/C23H27NO6.C22H28N2O4.C16H23NO6.C16H23NO5.C10H16NO3P.CH4.3CH3.BI2.I3.Pd.2W/c1-3-28-23(27)24-10-9-17-16(12-24)11-18-19(14(2)30-21(18)25)20(17)22(26)29-13-15-7-5-4-6-8-15;1-3-27-22(26)24-11-9-17-15(13-24)12-19-20(14(2)28-21(19)25)18(17)8-7-16-6-4-5-10-23-16;1-3-22-16(21)17-5-4-10-9(7-17)6-11-12(13(10)14(18)19)8(2)23-15(11)20;1-3-21-16(20)17-5-4-11-10(7-17)6-12-14(13(11)8-18)9(2)22-15(12)19;1-3-13-15(12,14-4-2)9-10-7-5-6-8-11-10;;;;;2*1-3-2;;;/h4-8,11,14,17-20H,3,9-10,12-13H2,1-2H3;4-8,10,14-15,17-20H,3,9,11-13H2,1-2H3;8-13H,3-7H2,1-2H3,(H,18,19);8-14H,3-7H2,1-2H3;5-8H,3-4,9H2,1-2H3;1H4;3*1H3;;;;;/q;;;;;;5*-1;;;/b;8-7+;;;;;;;;;;;;/t14-,17-,18-,19-,20+;14-,15-,17-,18+,19-,20+;8-,9-,10-,11-,12-,13+;9-,10-,11-,12-,13+,14-;;;;;;;;;;/m1111........../s1. The van der Waals surface area contributed by atoms with Gasteiger partial charge in [-0.25, -0.2) is 19.2 Å². The second kappa shape index (κ2) is 61.1. The SMILES string of the molecule is C.CCOC(=O)N1CC[C@@H]2C(=C[C@H]3C(=O)O[C@H](C)[C@H]3[C@H]2C(=O)OCc2ccccc2)C1.CCOC(=O)N1CC[C@@H]2[C@H](C[C@H]3C(=O)O[C@H](C)[C@H]3[C@H]2/C=C/c2ccccn2)C1.CCOC(=O)N1CC[C@@H]2[C@H](C[C@H]3C(=O)O[C@H](C)[C@H]3[C@H]2C(=O)O)C1.CCOC(=O)N1CC[C@@H]2[C@H](C[C@H]3C(=O)O[C@H](C)[C@H]3[C@H]2C=O)C1.CCOP(=O)(Cc1ccccn1)OCC.I[I-]I.[B][I-]I.[CH3-].[CH3-].[CH3-].[Pd].[W].[W]. The number of amides is 4. The van der Waals surface area contributed by atoms with Gasteiger partial charge >= 0.3 is 160 Å². The Morgan fingerprint density at radius 2 is 0.939 bits per heavy atom. The van der Waals surface area contributed by atoms with Gasteiger partial charge in [0.25, 0.3) is 0 Å². The van der Waals surface area contributed by atoms with Crippen LogP contribution in [0.3, 0.4) is 0 Å². The third-order valence-electron chi connectivity index (χ3n) is 25.9. The fourth-order valence-corrected chi connectivity index (χ4v) is 22.6. The molecule has 131 heavy (non-hydrogen) atoms. The van der Waals surface area contributed by atoms with Crippen LogP contribution in [-0.4, -0.2) is 223 Å². The molecule has 2 aromatic heterocycles. The number of aldehydes is 1. The van der Waals surface area contributed by atoms with E-state index in [9.17, 15) is 62.4 Å². The molecule has 15 rings (SSSR count). The number of aliphatic carboxylic acids is 1. The Bertz CT molecular complexity index is 4190. The van der Waals surface area contributed by atoms with Gasteiger partial charge in [0, 0.05) is 157 Å². The van der Waals surface area contributed by atoms with Gasteiger partial charge in [-0.15, -0.1) is 0 Å². The number of esters is 5. The van der Waals surface area contributed by atoms with Crippen LogP contribution in [0.5, 0.6) is 0 Å². The zero-order valence-electron chi connectivity index (χ0n) is 75.9. The number of carbonyl (C=O) groups is 11. The number of likely N-dealkylation sites (tertiary alicyclic amines) is 4. The molecule has 8 aliphatic heterocycles. The van der Waals surface area contributed by atoms with E-state index in [2.05, 4.69) is 78.0 Å². The number of ether oxygens (including phenoxy) is 9. The summed E-state index contributed by atoms with van der Waals surface area (Å²) in [7, 11) is -3.00. The van der Waals surface area contributed by atoms with Crippen LogP contribution in [0.15, 0.2) is 96.8 Å². The van der Waals surface area contributed by atoms with Gasteiger partial charge in [0.2, 0.25) is 0 Å². The number of rotatable bonds is 17. The Kier molecular flexibility index (Phi) is 57.7. The number of carbonyl (C=O) groups excluding carboxylic acids is 10. The molecule has 4 aliphatic carbocycles. The summed E-state index contributed by atoms with van der Waals surface area (Å²) in [6, 6.07) is 20.9. The molecule has 0 bridgehead atoms. The molecule has 0 spiro atoms. The topological polar surface area (TPSA) is 365 Å². The fraction of sp³-hybridized carbons (Fsp3) is 0.626. The molecule has 738 valence electrons. The smallest absolute Gasteiger partial charge is 0 e. The minimum atomic E-state index is -3.00. The van der Waals surface area contributed by atoms with Gasteiger partial charge in [0.1, 0.15) is 37.3 Å². The number of fused-ring (bicyclic) bond motifs is 8. The third-order valence-corrected chi connectivity index (χ3v) is 27.9. The first-order chi connectivity index (χ1) is 59.6. The monoisotopic (exact) mass is 2840 g/mol. The average molecular weight is 2840 g/mol. The van der Waals surface area contributed by atoms with Crippen LogP contribution in [0, 0.1) is 135 Å². The maximum absolute atomic E-state index is 13.2. The number of pyridine rings is 2. The number of piperidine rings is 4. The summed E-state index contributed by atoms with van der Waals surface area (Å²) in [6.07, 6.45) is 13.7. The number of hydrogen-bond acceptors (Lipinski definition) is 25. The Morgan fingerprint density at radius 1 is 0.534 bits per heavy atom. The second-order valence-electron chi connectivity index (χ2n) is 32.7. The van der Waals surface area contributed by atoms with Crippen molar-refractivity contribution >= 4 is 142 Å². The van der Waals surface area contributed by atoms with E-state index in [1.54, 1.807) is 73.5 Å². The molecule has 12 aliphatic rings. The first kappa shape index (κ1) is 124. The summed E-state index contributed by atoms with van der Waals surface area (Å²) < 4.78 is 70.3. The van der Waals surface area contributed by atoms with Crippen molar-refractivity contribution in [3.05, 3.63) is 136 Å². The molecule has 23 atom stereocenters. The molecule has 1 aromatic carbocycles. The number of allylic oxidation sites excluding steroid dienone is 1. The van der Waals surface area contributed by atoms with Crippen LogP contribution >= 0.6 is 63.4 Å². The van der Waals surface area contributed by atoms with Gasteiger partial charge < -0.3 is 103 Å². The van der Waals surface area contributed by atoms with Gasteiger partial charge in [-0.2, -0.15) is 0 Å². The largest absolute Gasteiger partial charge is 0.358 e. The number of benzene rings is 1. The summed E-state index contributed by atoms with van der Waals surface area (Å²) in [5, 5.41) is 9.72. The molecular formula is C91H130BI5N6O24PPdW2-5. The van der Waals surface area contributed by atoms with E-state index < -0.39 is 31.3 Å². The maximum atomic E-state index is 13.2. The maximum Gasteiger partial charge on any atom is 0 e. The Balaban J connectivity index is 0.000000546. The number of carboxylic acid groups (broad SMARTS) is 1. The van der Waals surface area contributed by atoms with Crippen molar-refractivity contribution in [2.75, 3.05) is 92.0 Å². The Morgan fingerprint density at radius 3 is 1.38 bits per heavy atom. The van der Waals surface area contributed by atoms with Crippen LogP contribution in [0.1, 0.15) is 139 Å². The molecular weight excluding hydrogens is 2710 g/mol. The van der Waals surface area contributed by atoms with Crippen molar-refractivity contribution in [2.45, 2.75) is 159 Å². The van der Waals surface area contributed by atoms with E-state index >= 15 is 0 Å². The van der Waals surface area contributed by atoms with Crippen LogP contribution < -0.4 is 30.3 Å². The Labute approximate surface area is 867 Å². The molecule has 4 amide bonds. The predicted octanol–water partition coefficient (Wildman–Crippen LogP) is 10.3. The number of nitrogens with zero attached hydrogens (tertiary/aromatic N) is 6. The molecule has 30 nitrogen and oxygen atoms in total. The van der Waals surface area contributed by atoms with E-state index in [0.717, 1.165) is 48.1 Å². The molecule has 3 aromatic rings. The van der Waals surface area contributed by atoms with E-state index in [-0.39, 0.29) is 289 Å². The van der Waals surface area contributed by atoms with Crippen molar-refractivity contribution < 1.29 is 207 Å². The van der Waals surface area contributed by atoms with E-state index in [4.69, 9.17) is 57.4 Å². The summed E-state index contributed by atoms with van der Waals surface area (Å²) in [5.74, 6) is -3.37. The van der Waals surface area contributed by atoms with Gasteiger partial charge in [-0.1, -0.05) is 62.0 Å². The first-order valence-electron chi connectivity index (χ1n) is 42.9. The fourth-order valence-electron chi connectivity index (χ4n) is 21.0. The van der Waals surface area contributed by atoms with Gasteiger partial charge in [0.05, 0.1) is 92.7 Å². The van der Waals surface area contributed by atoms with Crippen LogP contribution in [0.25, 0.3) is 6.08 Å². The number of halogens is 5. The third kappa shape index (κ3) is 32.5. The van der Waals surface area contributed by atoms with E-state index in [1.807, 2.05) is 101 Å². The van der Waals surface area contributed by atoms with Crippen molar-refractivity contribution in [1.29, 1.82) is 0 Å². The molecule has 2 radical (unpaired) electrons. The molecule has 1 N–H and O–H groups in total. The normalized spacial score (nSPS) is 29.6. The number of cyclic esters (lactones) is 4. The number of hydrogen-bond donors (Lipinski definition) is 1. The predicted molar refractivity (Wildman–Crippen MR) is 499 cm³/mol. The van der Waals surface area contributed by atoms with Gasteiger partial charge in [0.15, 0.2) is 0 Å². The van der Waals surface area contributed by atoms with Crippen molar-refractivity contribution in [2.24, 2.45) is 112 Å². The summed E-state index contributed by atoms with van der Waals surface area (Å²) in [6.45, 7) is 24.9. The van der Waals surface area contributed by atoms with Crippen LogP contribution in [0.2, 0.25) is 0 Å². The molecule has 3 saturated carbocycles. The van der Waals surface area contributed by atoms with Crippen molar-refractivity contribution in [3.8, 4) is 0 Å². The summed E-state index contributed by atoms with van der Waals surface area (Å²) >= 11 is 7.54. The second-order valence-corrected chi connectivity index (χ2v) is 54.6. The zero-order chi connectivity index (χ0) is 90.1. The first-order valence-corrected chi connectivity index (χ1v) is 64.7. The Hall–Kier alpha value is -3.53. The van der Waals surface area contributed by atoms with Gasteiger partial charge in [-0.3, -0.25) is 43.3 Å². The minimum Gasteiger partial charge on any atom is -0.358 e.